The second kappa shape index (κ2) is 3.70. The number of pyridine rings is 1. The molecule has 1 aromatic rings. The second-order valence-corrected chi connectivity index (χ2v) is 4.39. The molecule has 1 aromatic heterocycles. The van der Waals surface area contributed by atoms with Crippen LogP contribution < -0.4 is 10.6 Å². The molecule has 1 fully saturated rings. The predicted octanol–water partition coefficient (Wildman–Crippen LogP) is 1.02. The fourth-order valence-corrected chi connectivity index (χ4v) is 1.91. The highest BCUT2D eigenvalue weighted by atomic mass is 16.3. The van der Waals surface area contributed by atoms with Crippen molar-refractivity contribution >= 4 is 11.5 Å². The van der Waals surface area contributed by atoms with Crippen LogP contribution in [0.15, 0.2) is 18.3 Å². The first kappa shape index (κ1) is 10.2. The molecule has 0 radical (unpaired) electrons. The zero-order valence-corrected chi connectivity index (χ0v) is 8.98. The highest BCUT2D eigenvalue weighted by molar-refractivity contribution is 5.63. The Kier molecular flexibility index (Phi) is 2.52. The van der Waals surface area contributed by atoms with Crippen molar-refractivity contribution in [3.63, 3.8) is 0 Å². The van der Waals surface area contributed by atoms with E-state index in [1.165, 1.54) is 0 Å². The van der Waals surface area contributed by atoms with Gasteiger partial charge in [-0.05, 0) is 31.9 Å². The van der Waals surface area contributed by atoms with Crippen molar-refractivity contribution in [1.29, 1.82) is 0 Å². The number of nitrogens with zero attached hydrogens (tertiary/aromatic N) is 2. The van der Waals surface area contributed by atoms with Crippen LogP contribution in [-0.2, 0) is 0 Å². The molecular formula is C11H17N3O. The molecule has 0 saturated carbocycles. The first-order valence-corrected chi connectivity index (χ1v) is 5.26. The largest absolute Gasteiger partial charge is 0.390 e. The van der Waals surface area contributed by atoms with Gasteiger partial charge in [-0.25, -0.2) is 4.98 Å². The summed E-state index contributed by atoms with van der Waals surface area (Å²) in [6, 6.07) is 3.86. The number of nitrogen functional groups attached to an aromatic ring is 1. The first-order chi connectivity index (χ1) is 7.08. The maximum absolute atomic E-state index is 9.83. The Balaban J connectivity index is 2.11. The minimum atomic E-state index is -0.520. The van der Waals surface area contributed by atoms with Crippen molar-refractivity contribution in [1.82, 2.24) is 4.98 Å². The molecule has 82 valence electrons. The lowest BCUT2D eigenvalue weighted by Crippen LogP contribution is -2.42. The van der Waals surface area contributed by atoms with Crippen LogP contribution in [0.5, 0.6) is 0 Å². The van der Waals surface area contributed by atoms with Gasteiger partial charge in [0.25, 0.3) is 0 Å². The monoisotopic (exact) mass is 207 g/mol. The lowest BCUT2D eigenvalue weighted by Gasteiger charge is -2.37. The Morgan fingerprint density at radius 2 is 2.13 bits per heavy atom. The molecular weight excluding hydrogens is 190 g/mol. The van der Waals surface area contributed by atoms with Crippen molar-refractivity contribution in [3.05, 3.63) is 18.3 Å². The summed E-state index contributed by atoms with van der Waals surface area (Å²) in [6.07, 6.45) is 3.25. The Bertz CT molecular complexity index is 341. The zero-order chi connectivity index (χ0) is 10.9. The maximum Gasteiger partial charge on any atom is 0.146 e. The molecule has 0 unspecified atom stereocenters. The Hall–Kier alpha value is -1.29. The minimum absolute atomic E-state index is 0.520. The minimum Gasteiger partial charge on any atom is -0.390 e. The van der Waals surface area contributed by atoms with Crippen LogP contribution in [0.1, 0.15) is 19.8 Å². The number of anilines is 2. The zero-order valence-electron chi connectivity index (χ0n) is 8.98. The molecule has 0 aromatic carbocycles. The molecule has 4 heteroatoms. The van der Waals surface area contributed by atoms with E-state index in [4.69, 9.17) is 5.73 Å². The predicted molar refractivity (Wildman–Crippen MR) is 60.7 cm³/mol. The van der Waals surface area contributed by atoms with E-state index in [-0.39, 0.29) is 0 Å². The third kappa shape index (κ3) is 2.21. The molecule has 2 rings (SSSR count). The van der Waals surface area contributed by atoms with Gasteiger partial charge in [0.1, 0.15) is 5.82 Å². The summed E-state index contributed by atoms with van der Waals surface area (Å²) in [5.41, 5.74) is 6.26. The van der Waals surface area contributed by atoms with Crippen molar-refractivity contribution in [2.45, 2.75) is 25.4 Å². The highest BCUT2D eigenvalue weighted by Gasteiger charge is 2.27. The summed E-state index contributed by atoms with van der Waals surface area (Å²) in [5, 5.41) is 9.83. The van der Waals surface area contributed by atoms with Gasteiger partial charge in [0, 0.05) is 19.3 Å². The molecule has 4 nitrogen and oxygen atoms in total. The number of hydrogen-bond acceptors (Lipinski definition) is 4. The third-order valence-electron chi connectivity index (χ3n) is 3.00. The fraction of sp³-hybridized carbons (Fsp3) is 0.545. The van der Waals surface area contributed by atoms with E-state index in [0.717, 1.165) is 31.6 Å². The summed E-state index contributed by atoms with van der Waals surface area (Å²) in [7, 11) is 0. The van der Waals surface area contributed by atoms with Crippen LogP contribution in [0.4, 0.5) is 11.5 Å². The molecule has 0 atom stereocenters. The Morgan fingerprint density at radius 3 is 2.73 bits per heavy atom. The van der Waals surface area contributed by atoms with Gasteiger partial charge in [0.05, 0.1) is 11.3 Å². The van der Waals surface area contributed by atoms with E-state index in [9.17, 15) is 5.11 Å². The number of aromatic nitrogens is 1. The SMILES string of the molecule is CC1(O)CCN(c2cccnc2N)CC1. The van der Waals surface area contributed by atoms with E-state index >= 15 is 0 Å². The van der Waals surface area contributed by atoms with Gasteiger partial charge in [-0.15, -0.1) is 0 Å². The number of nitrogens with two attached hydrogens (primary N) is 1. The lowest BCUT2D eigenvalue weighted by atomic mass is 9.93. The van der Waals surface area contributed by atoms with Gasteiger partial charge in [-0.3, -0.25) is 0 Å². The van der Waals surface area contributed by atoms with Crippen LogP contribution in [0.2, 0.25) is 0 Å². The molecule has 1 saturated heterocycles. The molecule has 1 aliphatic rings. The Morgan fingerprint density at radius 1 is 1.47 bits per heavy atom. The maximum atomic E-state index is 9.83. The Labute approximate surface area is 89.7 Å². The van der Waals surface area contributed by atoms with E-state index < -0.39 is 5.60 Å². The number of aliphatic hydroxyl groups is 1. The molecule has 0 spiro atoms. The molecule has 0 amide bonds. The van der Waals surface area contributed by atoms with Crippen LogP contribution in [0.25, 0.3) is 0 Å². The van der Waals surface area contributed by atoms with Gasteiger partial charge >= 0.3 is 0 Å². The summed E-state index contributed by atoms with van der Waals surface area (Å²) in [4.78, 5) is 6.25. The topological polar surface area (TPSA) is 62.4 Å². The van der Waals surface area contributed by atoms with E-state index in [1.807, 2.05) is 19.1 Å². The van der Waals surface area contributed by atoms with Crippen molar-refractivity contribution in [2.24, 2.45) is 0 Å². The van der Waals surface area contributed by atoms with Gasteiger partial charge < -0.3 is 15.7 Å². The molecule has 2 heterocycles. The number of piperidine rings is 1. The van der Waals surface area contributed by atoms with Crippen molar-refractivity contribution in [3.8, 4) is 0 Å². The lowest BCUT2D eigenvalue weighted by molar-refractivity contribution is 0.0351. The van der Waals surface area contributed by atoms with E-state index in [2.05, 4.69) is 9.88 Å². The molecule has 0 aliphatic carbocycles. The quantitative estimate of drug-likeness (QED) is 0.721. The standard InChI is InChI=1S/C11H17N3O/c1-11(15)4-7-14(8-5-11)9-3-2-6-13-10(9)12/h2-3,6,15H,4-5,7-8H2,1H3,(H2,12,13). The normalized spacial score (nSPS) is 20.3. The van der Waals surface area contributed by atoms with Gasteiger partial charge in [-0.2, -0.15) is 0 Å². The van der Waals surface area contributed by atoms with E-state index in [1.54, 1.807) is 6.20 Å². The summed E-state index contributed by atoms with van der Waals surface area (Å²) >= 11 is 0. The molecule has 3 N–H and O–H groups in total. The average Bonchev–Trinajstić information content (AvgIpc) is 2.19. The highest BCUT2D eigenvalue weighted by Crippen LogP contribution is 2.28. The summed E-state index contributed by atoms with van der Waals surface area (Å²) < 4.78 is 0. The summed E-state index contributed by atoms with van der Waals surface area (Å²) in [6.45, 7) is 3.56. The number of rotatable bonds is 1. The van der Waals surface area contributed by atoms with Crippen LogP contribution >= 0.6 is 0 Å². The van der Waals surface area contributed by atoms with Crippen LogP contribution in [-0.4, -0.2) is 28.8 Å². The fourth-order valence-electron chi connectivity index (χ4n) is 1.91. The van der Waals surface area contributed by atoms with Crippen LogP contribution in [0.3, 0.4) is 0 Å². The smallest absolute Gasteiger partial charge is 0.146 e. The first-order valence-electron chi connectivity index (χ1n) is 5.26. The van der Waals surface area contributed by atoms with Gasteiger partial charge in [0.15, 0.2) is 0 Å². The molecule has 1 aliphatic heterocycles. The van der Waals surface area contributed by atoms with Crippen LogP contribution in [0, 0.1) is 0 Å². The van der Waals surface area contributed by atoms with Gasteiger partial charge in [0.2, 0.25) is 0 Å². The second-order valence-electron chi connectivity index (χ2n) is 4.39. The van der Waals surface area contributed by atoms with Crippen molar-refractivity contribution < 1.29 is 5.11 Å². The van der Waals surface area contributed by atoms with E-state index in [0.29, 0.717) is 5.82 Å². The average molecular weight is 207 g/mol. The summed E-state index contributed by atoms with van der Waals surface area (Å²) in [5.74, 6) is 0.569. The number of hydrogen-bond donors (Lipinski definition) is 2. The third-order valence-corrected chi connectivity index (χ3v) is 3.00. The van der Waals surface area contributed by atoms with Crippen molar-refractivity contribution in [2.75, 3.05) is 23.7 Å². The van der Waals surface area contributed by atoms with Gasteiger partial charge in [-0.1, -0.05) is 0 Å². The molecule has 0 bridgehead atoms. The molecule has 15 heavy (non-hydrogen) atoms.